The number of carbonyl (C=O) groups excluding carboxylic acids is 1. The number of halogens is 3. The van der Waals surface area contributed by atoms with Gasteiger partial charge in [0, 0.05) is 13.1 Å². The Balaban J connectivity index is 5.01. The molecule has 0 rings (SSSR count). The molecule has 0 aromatic heterocycles. The van der Waals surface area contributed by atoms with E-state index in [-0.39, 0.29) is 19.7 Å². The molecule has 0 saturated heterocycles. The van der Waals surface area contributed by atoms with Crippen molar-refractivity contribution in [3.8, 4) is 0 Å². The zero-order valence-electron chi connectivity index (χ0n) is 9.60. The van der Waals surface area contributed by atoms with Crippen molar-refractivity contribution in [3.63, 3.8) is 0 Å². The fourth-order valence-corrected chi connectivity index (χ4v) is 1.21. The lowest BCUT2D eigenvalue weighted by Crippen LogP contribution is -2.32. The second-order valence-electron chi connectivity index (χ2n) is 2.95. The van der Waals surface area contributed by atoms with E-state index in [2.05, 4.69) is 4.74 Å². The lowest BCUT2D eigenvalue weighted by atomic mass is 10.3. The summed E-state index contributed by atoms with van der Waals surface area (Å²) in [4.78, 5) is 12.1. The number of nitrogens with zero attached hydrogens (tertiary/aromatic N) is 1. The fraction of sp³-hybridized carbons (Fsp3) is 0.700. The summed E-state index contributed by atoms with van der Waals surface area (Å²) in [5.41, 5.74) is -0.962. The summed E-state index contributed by atoms with van der Waals surface area (Å²) in [5, 5.41) is 0. The molecule has 0 radical (unpaired) electrons. The van der Waals surface area contributed by atoms with Crippen LogP contribution in [0.1, 0.15) is 20.8 Å². The van der Waals surface area contributed by atoms with E-state index in [1.807, 2.05) is 0 Å². The molecule has 0 spiro atoms. The Morgan fingerprint density at radius 2 is 1.75 bits per heavy atom. The van der Waals surface area contributed by atoms with Gasteiger partial charge in [0.1, 0.15) is 5.70 Å². The summed E-state index contributed by atoms with van der Waals surface area (Å²) >= 11 is 0. The quantitative estimate of drug-likeness (QED) is 0.544. The van der Waals surface area contributed by atoms with E-state index in [0.29, 0.717) is 6.08 Å². The Hall–Kier alpha value is -1.20. The van der Waals surface area contributed by atoms with Gasteiger partial charge in [-0.25, -0.2) is 4.79 Å². The molecule has 0 aliphatic heterocycles. The molecule has 94 valence electrons. The van der Waals surface area contributed by atoms with Crippen LogP contribution in [0.4, 0.5) is 13.2 Å². The first kappa shape index (κ1) is 14.8. The summed E-state index contributed by atoms with van der Waals surface area (Å²) in [6.45, 7) is 5.14. The number of hydrogen-bond acceptors (Lipinski definition) is 3. The molecule has 0 aromatic carbocycles. The van der Waals surface area contributed by atoms with E-state index in [1.165, 1.54) is 6.92 Å². The maximum Gasteiger partial charge on any atom is 0.431 e. The average Bonchev–Trinajstić information content (AvgIpc) is 2.17. The third-order valence-corrected chi connectivity index (χ3v) is 1.94. The predicted molar refractivity (Wildman–Crippen MR) is 53.7 cm³/mol. The fourth-order valence-electron chi connectivity index (χ4n) is 1.21. The van der Waals surface area contributed by atoms with Gasteiger partial charge in [0.25, 0.3) is 0 Å². The number of allylic oxidation sites excluding steroid dienone is 1. The number of ether oxygens (including phenoxy) is 1. The molecular weight excluding hydrogens is 223 g/mol. The van der Waals surface area contributed by atoms with Crippen molar-refractivity contribution in [1.82, 2.24) is 4.90 Å². The normalized spacial score (nSPS) is 12.5. The highest BCUT2D eigenvalue weighted by atomic mass is 19.4. The zero-order chi connectivity index (χ0) is 12.8. The van der Waals surface area contributed by atoms with Crippen LogP contribution in [-0.2, 0) is 9.53 Å². The Morgan fingerprint density at radius 3 is 2.06 bits per heavy atom. The van der Waals surface area contributed by atoms with Gasteiger partial charge in [-0.2, -0.15) is 13.2 Å². The van der Waals surface area contributed by atoms with Gasteiger partial charge >= 0.3 is 12.1 Å². The van der Waals surface area contributed by atoms with Crippen molar-refractivity contribution in [2.24, 2.45) is 0 Å². The highest BCUT2D eigenvalue weighted by Crippen LogP contribution is 2.28. The minimum absolute atomic E-state index is 0.0543. The molecule has 3 nitrogen and oxygen atoms in total. The number of esters is 1. The maximum atomic E-state index is 12.6. The second kappa shape index (κ2) is 6.40. The van der Waals surface area contributed by atoms with E-state index in [9.17, 15) is 18.0 Å². The van der Waals surface area contributed by atoms with E-state index in [4.69, 9.17) is 0 Å². The standard InChI is InChI=1S/C10H16F3NO2/c1-4-14(5-2)8(10(11,12)13)7-9(15)16-6-3/h7H,4-6H2,1-3H3/b8-7+. The van der Waals surface area contributed by atoms with Crippen LogP contribution >= 0.6 is 0 Å². The highest BCUT2D eigenvalue weighted by molar-refractivity contribution is 5.82. The van der Waals surface area contributed by atoms with Crippen LogP contribution in [0.2, 0.25) is 0 Å². The number of rotatable bonds is 5. The third-order valence-electron chi connectivity index (χ3n) is 1.94. The lowest BCUT2D eigenvalue weighted by Gasteiger charge is -2.25. The third kappa shape index (κ3) is 4.55. The second-order valence-corrected chi connectivity index (χ2v) is 2.95. The van der Waals surface area contributed by atoms with Crippen molar-refractivity contribution in [3.05, 3.63) is 11.8 Å². The lowest BCUT2D eigenvalue weighted by molar-refractivity contribution is -0.139. The van der Waals surface area contributed by atoms with Gasteiger partial charge in [-0.05, 0) is 20.8 Å². The van der Waals surface area contributed by atoms with Gasteiger partial charge in [0.15, 0.2) is 0 Å². The molecule has 0 aromatic rings. The first-order valence-corrected chi connectivity index (χ1v) is 5.07. The molecule has 0 amide bonds. The van der Waals surface area contributed by atoms with E-state index in [1.54, 1.807) is 13.8 Å². The highest BCUT2D eigenvalue weighted by Gasteiger charge is 2.37. The van der Waals surface area contributed by atoms with Gasteiger partial charge in [0.2, 0.25) is 0 Å². The molecule has 0 aliphatic rings. The Kier molecular flexibility index (Phi) is 5.92. The molecule has 0 atom stereocenters. The maximum absolute atomic E-state index is 12.6. The molecule has 0 bridgehead atoms. The molecule has 6 heteroatoms. The largest absolute Gasteiger partial charge is 0.463 e. The number of carbonyl (C=O) groups is 1. The van der Waals surface area contributed by atoms with Crippen LogP contribution in [0.5, 0.6) is 0 Å². The smallest absolute Gasteiger partial charge is 0.431 e. The van der Waals surface area contributed by atoms with Crippen LogP contribution in [0, 0.1) is 0 Å². The van der Waals surface area contributed by atoms with Crippen LogP contribution in [0.15, 0.2) is 11.8 Å². The molecule has 0 saturated carbocycles. The molecule has 0 aliphatic carbocycles. The summed E-state index contributed by atoms with van der Waals surface area (Å²) in [6.07, 6.45) is -4.05. The minimum atomic E-state index is -4.54. The molecule has 0 unspecified atom stereocenters. The molecule has 0 N–H and O–H groups in total. The van der Waals surface area contributed by atoms with Gasteiger partial charge in [-0.1, -0.05) is 0 Å². The van der Waals surface area contributed by atoms with Crippen molar-refractivity contribution in [2.75, 3.05) is 19.7 Å². The topological polar surface area (TPSA) is 29.5 Å². The summed E-state index contributed by atoms with van der Waals surface area (Å²) in [5.74, 6) is -0.971. The molecule has 0 heterocycles. The van der Waals surface area contributed by atoms with Gasteiger partial charge in [-0.3, -0.25) is 0 Å². The van der Waals surface area contributed by atoms with Crippen molar-refractivity contribution >= 4 is 5.97 Å². The molecule has 16 heavy (non-hydrogen) atoms. The van der Waals surface area contributed by atoms with Gasteiger partial charge < -0.3 is 9.64 Å². The molecule has 0 fully saturated rings. The Bertz CT molecular complexity index is 257. The zero-order valence-corrected chi connectivity index (χ0v) is 9.60. The van der Waals surface area contributed by atoms with Crippen molar-refractivity contribution < 1.29 is 22.7 Å². The van der Waals surface area contributed by atoms with Crippen LogP contribution in [0.3, 0.4) is 0 Å². The molecular formula is C10H16F3NO2. The first-order chi connectivity index (χ1) is 7.36. The minimum Gasteiger partial charge on any atom is -0.463 e. The summed E-state index contributed by atoms with van der Waals surface area (Å²) < 4.78 is 42.3. The number of alkyl halides is 3. The SMILES string of the molecule is CCOC(=O)/C=C(/N(CC)CC)C(F)(F)F. The Labute approximate surface area is 92.9 Å². The van der Waals surface area contributed by atoms with Crippen LogP contribution in [-0.4, -0.2) is 36.7 Å². The first-order valence-electron chi connectivity index (χ1n) is 5.07. The predicted octanol–water partition coefficient (Wildman–Crippen LogP) is 2.34. The van der Waals surface area contributed by atoms with E-state index < -0.39 is 17.8 Å². The van der Waals surface area contributed by atoms with E-state index in [0.717, 1.165) is 4.90 Å². The van der Waals surface area contributed by atoms with Gasteiger partial charge in [-0.15, -0.1) is 0 Å². The van der Waals surface area contributed by atoms with Crippen molar-refractivity contribution in [2.45, 2.75) is 26.9 Å². The summed E-state index contributed by atoms with van der Waals surface area (Å²) in [6, 6.07) is 0. The van der Waals surface area contributed by atoms with Crippen molar-refractivity contribution in [1.29, 1.82) is 0 Å². The van der Waals surface area contributed by atoms with E-state index >= 15 is 0 Å². The van der Waals surface area contributed by atoms with Gasteiger partial charge in [0.05, 0.1) is 12.7 Å². The Morgan fingerprint density at radius 1 is 1.25 bits per heavy atom. The monoisotopic (exact) mass is 239 g/mol. The average molecular weight is 239 g/mol. The summed E-state index contributed by atoms with van der Waals surface area (Å²) in [7, 11) is 0. The van der Waals surface area contributed by atoms with Crippen LogP contribution in [0.25, 0.3) is 0 Å². The van der Waals surface area contributed by atoms with Crippen LogP contribution < -0.4 is 0 Å². The number of hydrogen-bond donors (Lipinski definition) is 0.